The van der Waals surface area contributed by atoms with E-state index in [2.05, 4.69) is 0 Å². The monoisotopic (exact) mass is 235 g/mol. The normalized spacial score (nSPS) is 44.4. The van der Waals surface area contributed by atoms with Crippen LogP contribution in [-0.4, -0.2) is 63.0 Å². The van der Waals surface area contributed by atoms with Crippen molar-refractivity contribution in [3.63, 3.8) is 0 Å². The highest BCUT2D eigenvalue weighted by molar-refractivity contribution is 5.76. The van der Waals surface area contributed by atoms with E-state index >= 15 is 0 Å². The fraction of sp³-hybridized carbons (Fsp3) is 0.889. The summed E-state index contributed by atoms with van der Waals surface area (Å²) in [7, 11) is 0. The van der Waals surface area contributed by atoms with E-state index in [1.165, 1.54) is 6.92 Å². The van der Waals surface area contributed by atoms with E-state index in [-0.39, 0.29) is 0 Å². The predicted molar refractivity (Wildman–Crippen MR) is 52.2 cm³/mol. The van der Waals surface area contributed by atoms with Crippen molar-refractivity contribution in [2.75, 3.05) is 6.61 Å². The van der Waals surface area contributed by atoms with Crippen molar-refractivity contribution in [3.05, 3.63) is 0 Å². The molecule has 0 aromatic carbocycles. The molecule has 0 aliphatic carbocycles. The Kier molecular flexibility index (Phi) is 4.00. The second-order valence-corrected chi connectivity index (χ2v) is 4.08. The number of nitrogens with two attached hydrogens (primary N) is 1. The summed E-state index contributed by atoms with van der Waals surface area (Å²) in [6, 6.07) is 0. The highest BCUT2D eigenvalue weighted by atomic mass is 16.6. The molecule has 1 aliphatic rings. The lowest BCUT2D eigenvalue weighted by molar-refractivity contribution is -0.272. The molecule has 0 aromatic heterocycles. The van der Waals surface area contributed by atoms with Gasteiger partial charge in [0.2, 0.25) is 0 Å². The molecule has 0 amide bonds. The first-order chi connectivity index (χ1) is 7.32. The van der Waals surface area contributed by atoms with Crippen LogP contribution in [-0.2, 0) is 9.53 Å². The third-order valence-electron chi connectivity index (χ3n) is 2.74. The van der Waals surface area contributed by atoms with Crippen LogP contribution in [0.5, 0.6) is 0 Å². The Morgan fingerprint density at radius 1 is 1.50 bits per heavy atom. The number of aliphatic hydroxyl groups is 4. The Balaban J connectivity index is 2.90. The van der Waals surface area contributed by atoms with E-state index < -0.39 is 49.0 Å². The number of carbonyl (C=O) groups excluding carboxylic acids is 1. The Labute approximate surface area is 92.4 Å². The minimum atomic E-state index is -2.03. The van der Waals surface area contributed by atoms with Crippen molar-refractivity contribution in [2.45, 2.75) is 43.5 Å². The van der Waals surface area contributed by atoms with Crippen LogP contribution in [0.1, 0.15) is 13.3 Å². The molecular weight excluding hydrogens is 218 g/mol. The summed E-state index contributed by atoms with van der Waals surface area (Å²) < 4.78 is 4.95. The number of rotatable bonds is 3. The first-order valence-electron chi connectivity index (χ1n) is 4.92. The molecule has 94 valence electrons. The lowest BCUT2D eigenvalue weighted by Gasteiger charge is -2.46. The molecule has 1 aliphatic heterocycles. The topological polar surface area (TPSA) is 133 Å². The van der Waals surface area contributed by atoms with Crippen molar-refractivity contribution in [2.24, 2.45) is 5.73 Å². The van der Waals surface area contributed by atoms with Crippen molar-refractivity contribution >= 4 is 5.78 Å². The Morgan fingerprint density at radius 3 is 2.50 bits per heavy atom. The van der Waals surface area contributed by atoms with E-state index in [9.17, 15) is 20.1 Å². The lowest BCUT2D eigenvalue weighted by Crippen LogP contribution is -2.69. The minimum Gasteiger partial charge on any atom is -0.394 e. The van der Waals surface area contributed by atoms with Gasteiger partial charge in [-0.1, -0.05) is 0 Å². The maximum absolute atomic E-state index is 11.0. The SMILES string of the molecule is CC(=O)C[C@]1(O)[C@@H](N)O[C@H](CO)[C@@H](O)[C@@H]1O. The lowest BCUT2D eigenvalue weighted by atomic mass is 9.82. The number of ketones is 1. The standard InChI is InChI=1S/C9H17NO6/c1-4(12)2-9(15)7(14)6(13)5(3-11)16-8(9)10/h5-8,11,13-15H,2-3,10H2,1H3/t5-,6-,7+,8+,9-/m1/s1. The molecule has 16 heavy (non-hydrogen) atoms. The molecular formula is C9H17NO6. The van der Waals surface area contributed by atoms with E-state index in [0.29, 0.717) is 0 Å². The summed E-state index contributed by atoms with van der Waals surface area (Å²) in [5, 5.41) is 38.1. The van der Waals surface area contributed by atoms with Crippen LogP contribution in [0, 0.1) is 0 Å². The highest BCUT2D eigenvalue weighted by Crippen LogP contribution is 2.30. The number of aliphatic hydroxyl groups excluding tert-OH is 3. The van der Waals surface area contributed by atoms with E-state index in [4.69, 9.17) is 15.6 Å². The third-order valence-corrected chi connectivity index (χ3v) is 2.74. The number of carbonyl (C=O) groups is 1. The molecule has 1 saturated heterocycles. The molecule has 0 aromatic rings. The van der Waals surface area contributed by atoms with Gasteiger partial charge >= 0.3 is 0 Å². The summed E-state index contributed by atoms with van der Waals surface area (Å²) in [5.41, 5.74) is 3.44. The fourth-order valence-electron chi connectivity index (χ4n) is 1.81. The van der Waals surface area contributed by atoms with Crippen LogP contribution in [0.2, 0.25) is 0 Å². The number of ether oxygens (including phenoxy) is 1. The zero-order chi connectivity index (χ0) is 12.5. The van der Waals surface area contributed by atoms with Gasteiger partial charge in [0.05, 0.1) is 6.61 Å². The zero-order valence-corrected chi connectivity index (χ0v) is 8.91. The molecule has 0 spiro atoms. The van der Waals surface area contributed by atoms with Crippen LogP contribution in [0.25, 0.3) is 0 Å². The number of hydrogen-bond acceptors (Lipinski definition) is 7. The molecule has 1 fully saturated rings. The van der Waals surface area contributed by atoms with E-state index in [1.54, 1.807) is 0 Å². The van der Waals surface area contributed by atoms with Crippen LogP contribution in [0.3, 0.4) is 0 Å². The van der Waals surface area contributed by atoms with Crippen LogP contribution >= 0.6 is 0 Å². The Morgan fingerprint density at radius 2 is 2.06 bits per heavy atom. The summed E-state index contributed by atoms with van der Waals surface area (Å²) >= 11 is 0. The first-order valence-corrected chi connectivity index (χ1v) is 4.92. The highest BCUT2D eigenvalue weighted by Gasteiger charge is 2.53. The maximum atomic E-state index is 11.0. The van der Waals surface area contributed by atoms with Crippen molar-refractivity contribution in [3.8, 4) is 0 Å². The van der Waals surface area contributed by atoms with Gasteiger partial charge in [-0.25, -0.2) is 0 Å². The van der Waals surface area contributed by atoms with Gasteiger partial charge in [-0.05, 0) is 6.92 Å². The van der Waals surface area contributed by atoms with E-state index in [0.717, 1.165) is 0 Å². The van der Waals surface area contributed by atoms with Gasteiger partial charge in [0.25, 0.3) is 0 Å². The molecule has 5 atom stereocenters. The zero-order valence-electron chi connectivity index (χ0n) is 8.91. The quantitative estimate of drug-likeness (QED) is 0.354. The van der Waals surface area contributed by atoms with Crippen LogP contribution in [0.15, 0.2) is 0 Å². The summed E-state index contributed by atoms with van der Waals surface area (Å²) in [4.78, 5) is 11.0. The smallest absolute Gasteiger partial charge is 0.139 e. The maximum Gasteiger partial charge on any atom is 0.139 e. The molecule has 0 radical (unpaired) electrons. The summed E-state index contributed by atoms with van der Waals surface area (Å²) in [6.45, 7) is 0.685. The van der Waals surface area contributed by atoms with Gasteiger partial charge in [0.1, 0.15) is 35.9 Å². The number of hydrogen-bond donors (Lipinski definition) is 5. The van der Waals surface area contributed by atoms with Crippen LogP contribution in [0.4, 0.5) is 0 Å². The van der Waals surface area contributed by atoms with Crippen LogP contribution < -0.4 is 5.73 Å². The van der Waals surface area contributed by atoms with Gasteiger partial charge in [-0.2, -0.15) is 0 Å². The molecule has 1 rings (SSSR count). The average Bonchev–Trinajstić information content (AvgIpc) is 2.20. The third kappa shape index (κ3) is 2.24. The molecule has 7 heteroatoms. The molecule has 6 N–H and O–H groups in total. The molecule has 7 nitrogen and oxygen atoms in total. The van der Waals surface area contributed by atoms with E-state index in [1.807, 2.05) is 0 Å². The average molecular weight is 235 g/mol. The molecule has 1 heterocycles. The van der Waals surface area contributed by atoms with Gasteiger partial charge < -0.3 is 30.9 Å². The van der Waals surface area contributed by atoms with Crippen molar-refractivity contribution in [1.29, 1.82) is 0 Å². The molecule has 0 unspecified atom stereocenters. The molecule has 0 bridgehead atoms. The Bertz CT molecular complexity index is 273. The largest absolute Gasteiger partial charge is 0.394 e. The second-order valence-electron chi connectivity index (χ2n) is 4.08. The summed E-state index contributed by atoms with van der Waals surface area (Å²) in [5.74, 6) is -0.393. The second kappa shape index (κ2) is 4.74. The van der Waals surface area contributed by atoms with Gasteiger partial charge in [-0.3, -0.25) is 4.79 Å². The summed E-state index contributed by atoms with van der Waals surface area (Å²) in [6.07, 6.45) is -5.97. The Hall–Kier alpha value is -0.570. The van der Waals surface area contributed by atoms with Gasteiger partial charge in [0.15, 0.2) is 0 Å². The number of Topliss-reactive ketones (excluding diaryl/α,β-unsaturated/α-hetero) is 1. The fourth-order valence-corrected chi connectivity index (χ4v) is 1.81. The first kappa shape index (κ1) is 13.5. The van der Waals surface area contributed by atoms with Crippen molar-refractivity contribution < 1.29 is 30.0 Å². The minimum absolute atomic E-state index is 0.393. The van der Waals surface area contributed by atoms with Gasteiger partial charge in [-0.15, -0.1) is 0 Å². The van der Waals surface area contributed by atoms with Crippen molar-refractivity contribution in [1.82, 2.24) is 0 Å². The predicted octanol–water partition coefficient (Wildman–Crippen LogP) is -2.91. The molecule has 0 saturated carbocycles. The van der Waals surface area contributed by atoms with Gasteiger partial charge in [0, 0.05) is 6.42 Å².